The van der Waals surface area contributed by atoms with E-state index < -0.39 is 0 Å². The Morgan fingerprint density at radius 3 is 3.05 bits per heavy atom. The van der Waals surface area contributed by atoms with Crippen LogP contribution in [0.2, 0.25) is 0 Å². The highest BCUT2D eigenvalue weighted by Gasteiger charge is 2.23. The monoisotopic (exact) mass is 334 g/mol. The number of hydrogen-bond donors (Lipinski definition) is 1. The molecule has 0 aliphatic carbocycles. The number of likely N-dealkylation sites (tertiary alicyclic amines) is 1. The van der Waals surface area contributed by atoms with Gasteiger partial charge in [0.15, 0.2) is 4.34 Å². The minimum absolute atomic E-state index is 0.0757. The van der Waals surface area contributed by atoms with Crippen LogP contribution >= 0.6 is 23.1 Å². The first-order valence-corrected chi connectivity index (χ1v) is 9.11. The van der Waals surface area contributed by atoms with E-state index in [0.717, 1.165) is 30.4 Å². The van der Waals surface area contributed by atoms with Crippen molar-refractivity contribution in [3.63, 3.8) is 0 Å². The topological polar surface area (TPSA) is 58.1 Å². The van der Waals surface area contributed by atoms with Crippen LogP contribution < -0.4 is 5.32 Å². The number of thioether (sulfide) groups is 1. The highest BCUT2D eigenvalue weighted by molar-refractivity contribution is 8.01. The third kappa shape index (κ3) is 4.53. The lowest BCUT2D eigenvalue weighted by Crippen LogP contribution is -2.37. The van der Waals surface area contributed by atoms with E-state index in [-0.39, 0.29) is 11.9 Å². The van der Waals surface area contributed by atoms with Crippen LogP contribution in [0.4, 0.5) is 0 Å². The lowest BCUT2D eigenvalue weighted by Gasteiger charge is -2.16. The van der Waals surface area contributed by atoms with Crippen LogP contribution in [-0.4, -0.2) is 45.9 Å². The van der Waals surface area contributed by atoms with Crippen LogP contribution in [0.1, 0.15) is 12.0 Å². The Labute approximate surface area is 138 Å². The Morgan fingerprint density at radius 2 is 2.27 bits per heavy atom. The van der Waals surface area contributed by atoms with Crippen molar-refractivity contribution in [2.24, 2.45) is 0 Å². The molecule has 1 N–H and O–H groups in total. The number of hydrogen-bond acceptors (Lipinski definition) is 6. The van der Waals surface area contributed by atoms with E-state index in [0.29, 0.717) is 5.75 Å². The van der Waals surface area contributed by atoms with Crippen molar-refractivity contribution in [3.8, 4) is 0 Å². The van der Waals surface area contributed by atoms with Gasteiger partial charge in [-0.05, 0) is 12.0 Å². The number of nitrogens with zero attached hydrogens (tertiary/aromatic N) is 3. The summed E-state index contributed by atoms with van der Waals surface area (Å²) in [6.45, 7) is 2.90. The molecular weight excluding hydrogens is 316 g/mol. The molecule has 2 heterocycles. The molecule has 1 fully saturated rings. The van der Waals surface area contributed by atoms with E-state index in [1.165, 1.54) is 28.7 Å². The number of carbonyl (C=O) groups is 1. The molecule has 3 rings (SSSR count). The number of benzene rings is 1. The molecule has 0 saturated carbocycles. The van der Waals surface area contributed by atoms with Crippen LogP contribution in [-0.2, 0) is 11.3 Å². The fourth-order valence-electron chi connectivity index (χ4n) is 2.56. The van der Waals surface area contributed by atoms with Gasteiger partial charge < -0.3 is 5.32 Å². The Bertz CT molecular complexity index is 591. The molecule has 2 aromatic rings. The summed E-state index contributed by atoms with van der Waals surface area (Å²) in [7, 11) is 0. The molecule has 1 aromatic carbocycles. The molecule has 5 nitrogen and oxygen atoms in total. The first-order chi connectivity index (χ1) is 10.8. The van der Waals surface area contributed by atoms with Crippen molar-refractivity contribution in [2.75, 3.05) is 18.8 Å². The van der Waals surface area contributed by atoms with Crippen LogP contribution in [0.25, 0.3) is 0 Å². The molecule has 0 spiro atoms. The molecule has 1 aliphatic rings. The third-order valence-electron chi connectivity index (χ3n) is 3.55. The van der Waals surface area contributed by atoms with Gasteiger partial charge in [0, 0.05) is 25.7 Å². The second kappa shape index (κ2) is 7.71. The first kappa shape index (κ1) is 15.5. The predicted molar refractivity (Wildman–Crippen MR) is 88.9 cm³/mol. The van der Waals surface area contributed by atoms with E-state index in [4.69, 9.17) is 0 Å². The molecule has 7 heteroatoms. The molecular formula is C15H18N4OS2. The van der Waals surface area contributed by atoms with Crippen LogP contribution in [0.5, 0.6) is 0 Å². The van der Waals surface area contributed by atoms with Crippen molar-refractivity contribution >= 4 is 29.0 Å². The van der Waals surface area contributed by atoms with Gasteiger partial charge in [0.1, 0.15) is 5.51 Å². The van der Waals surface area contributed by atoms with Gasteiger partial charge in [-0.3, -0.25) is 9.69 Å². The second-order valence-electron chi connectivity index (χ2n) is 5.27. The maximum atomic E-state index is 12.0. The lowest BCUT2D eigenvalue weighted by molar-refractivity contribution is -0.119. The average Bonchev–Trinajstić information content (AvgIpc) is 3.18. The Morgan fingerprint density at radius 1 is 1.41 bits per heavy atom. The first-order valence-electron chi connectivity index (χ1n) is 7.24. The van der Waals surface area contributed by atoms with Crippen LogP contribution in [0.15, 0.2) is 40.2 Å². The maximum Gasteiger partial charge on any atom is 0.230 e. The molecule has 0 bridgehead atoms. The maximum absolute atomic E-state index is 12.0. The fraction of sp³-hybridized carbons (Fsp3) is 0.400. The summed E-state index contributed by atoms with van der Waals surface area (Å²) in [6, 6.07) is 10.7. The summed E-state index contributed by atoms with van der Waals surface area (Å²) in [4.78, 5) is 14.4. The SMILES string of the molecule is O=C(CSc1nncs1)NC1CCN(Cc2ccccc2)C1. The Hall–Kier alpha value is -1.44. The van der Waals surface area contributed by atoms with Gasteiger partial charge in [0.05, 0.1) is 5.75 Å². The van der Waals surface area contributed by atoms with Gasteiger partial charge in [-0.25, -0.2) is 0 Å². The predicted octanol–water partition coefficient (Wildman–Crippen LogP) is 2.02. The number of nitrogens with one attached hydrogen (secondary N) is 1. The Balaban J connectivity index is 1.40. The summed E-state index contributed by atoms with van der Waals surface area (Å²) in [5.74, 6) is 0.483. The number of rotatable bonds is 6. The molecule has 1 amide bonds. The summed E-state index contributed by atoms with van der Waals surface area (Å²) < 4.78 is 0.840. The largest absolute Gasteiger partial charge is 0.351 e. The minimum Gasteiger partial charge on any atom is -0.351 e. The van der Waals surface area contributed by atoms with Crippen molar-refractivity contribution in [1.29, 1.82) is 0 Å². The number of aromatic nitrogens is 2. The number of amides is 1. The number of carbonyl (C=O) groups excluding carboxylic acids is 1. The van der Waals surface area contributed by atoms with Crippen LogP contribution in [0.3, 0.4) is 0 Å². The lowest BCUT2D eigenvalue weighted by atomic mass is 10.2. The standard InChI is InChI=1S/C15H18N4OS2/c20-14(10-21-15-18-16-11-22-15)17-13-6-7-19(9-13)8-12-4-2-1-3-5-12/h1-5,11,13H,6-10H2,(H,17,20). The fourth-order valence-corrected chi connectivity index (χ4v) is 3.86. The minimum atomic E-state index is 0.0757. The van der Waals surface area contributed by atoms with Crippen molar-refractivity contribution in [1.82, 2.24) is 20.4 Å². The molecule has 1 saturated heterocycles. The zero-order valence-electron chi connectivity index (χ0n) is 12.1. The zero-order chi connectivity index (χ0) is 15.2. The van der Waals surface area contributed by atoms with E-state index in [1.807, 2.05) is 6.07 Å². The van der Waals surface area contributed by atoms with Gasteiger partial charge in [0.25, 0.3) is 0 Å². The van der Waals surface area contributed by atoms with Crippen molar-refractivity contribution in [3.05, 3.63) is 41.4 Å². The van der Waals surface area contributed by atoms with Gasteiger partial charge in [-0.2, -0.15) is 0 Å². The molecule has 1 aromatic heterocycles. The van der Waals surface area contributed by atoms with Gasteiger partial charge in [-0.1, -0.05) is 53.4 Å². The molecule has 0 radical (unpaired) electrons. The zero-order valence-corrected chi connectivity index (χ0v) is 13.8. The third-order valence-corrected chi connectivity index (χ3v) is 5.41. The molecule has 1 unspecified atom stereocenters. The van der Waals surface area contributed by atoms with Gasteiger partial charge in [-0.15, -0.1) is 10.2 Å². The summed E-state index contributed by atoms with van der Waals surface area (Å²) in [6.07, 6.45) is 1.02. The summed E-state index contributed by atoms with van der Waals surface area (Å²) in [5, 5.41) is 10.8. The average molecular weight is 334 g/mol. The van der Waals surface area contributed by atoms with E-state index >= 15 is 0 Å². The van der Waals surface area contributed by atoms with Gasteiger partial charge >= 0.3 is 0 Å². The molecule has 1 atom stereocenters. The van der Waals surface area contributed by atoms with E-state index in [9.17, 15) is 4.79 Å². The molecule has 116 valence electrons. The van der Waals surface area contributed by atoms with Crippen LogP contribution in [0, 0.1) is 0 Å². The van der Waals surface area contributed by atoms with E-state index in [1.54, 1.807) is 5.51 Å². The van der Waals surface area contributed by atoms with Crippen molar-refractivity contribution < 1.29 is 4.79 Å². The van der Waals surface area contributed by atoms with Crippen molar-refractivity contribution in [2.45, 2.75) is 23.3 Å². The quantitative estimate of drug-likeness (QED) is 0.819. The summed E-state index contributed by atoms with van der Waals surface area (Å²) >= 11 is 2.90. The Kier molecular flexibility index (Phi) is 5.42. The van der Waals surface area contributed by atoms with Gasteiger partial charge in [0.2, 0.25) is 5.91 Å². The normalized spacial score (nSPS) is 18.5. The molecule has 1 aliphatic heterocycles. The smallest absolute Gasteiger partial charge is 0.230 e. The summed E-state index contributed by atoms with van der Waals surface area (Å²) in [5.41, 5.74) is 3.00. The highest BCUT2D eigenvalue weighted by Crippen LogP contribution is 2.19. The molecule has 22 heavy (non-hydrogen) atoms. The highest BCUT2D eigenvalue weighted by atomic mass is 32.2. The van der Waals surface area contributed by atoms with E-state index in [2.05, 4.69) is 44.7 Å². The second-order valence-corrected chi connectivity index (χ2v) is 7.32.